The number of aromatic nitrogens is 1. The fraction of sp³-hybridized carbons (Fsp3) is 0.391. The second kappa shape index (κ2) is 9.85. The van der Waals surface area contributed by atoms with E-state index in [-0.39, 0.29) is 37.4 Å². The molecule has 1 N–H and O–H groups in total. The predicted molar refractivity (Wildman–Crippen MR) is 122 cm³/mol. The SMILES string of the molecule is COc1ccc(CNc2ncc(F)c(C3=CCN(C(=O)OC(C)(C)C)CC3)c2[N+](=O)[O-])cc1. The third kappa shape index (κ3) is 5.97. The van der Waals surface area contributed by atoms with E-state index in [1.54, 1.807) is 46.1 Å². The number of benzene rings is 1. The number of hydrogen-bond acceptors (Lipinski definition) is 7. The first-order valence-electron chi connectivity index (χ1n) is 10.5. The average molecular weight is 458 g/mol. The molecule has 0 saturated heterocycles. The number of methoxy groups -OCH3 is 1. The summed E-state index contributed by atoms with van der Waals surface area (Å²) in [5.41, 5.74) is 0.120. The van der Waals surface area contributed by atoms with E-state index in [1.165, 1.54) is 4.90 Å². The van der Waals surface area contributed by atoms with Crippen molar-refractivity contribution in [3.63, 3.8) is 0 Å². The summed E-state index contributed by atoms with van der Waals surface area (Å²) in [5, 5.41) is 14.8. The molecule has 0 aliphatic carbocycles. The van der Waals surface area contributed by atoms with Gasteiger partial charge in [0, 0.05) is 19.6 Å². The maximum Gasteiger partial charge on any atom is 0.410 e. The minimum atomic E-state index is -0.784. The monoisotopic (exact) mass is 458 g/mol. The molecule has 0 radical (unpaired) electrons. The van der Waals surface area contributed by atoms with Gasteiger partial charge in [0.2, 0.25) is 5.82 Å². The summed E-state index contributed by atoms with van der Waals surface area (Å²) in [7, 11) is 1.56. The molecule has 1 aromatic heterocycles. The van der Waals surface area contributed by atoms with Crippen molar-refractivity contribution >= 4 is 23.2 Å². The number of halogens is 1. The zero-order valence-corrected chi connectivity index (χ0v) is 19.1. The first-order valence-corrected chi connectivity index (χ1v) is 10.5. The van der Waals surface area contributed by atoms with Gasteiger partial charge in [0.15, 0.2) is 5.82 Å². The molecule has 2 heterocycles. The molecular formula is C23H27FN4O5. The zero-order chi connectivity index (χ0) is 24.2. The summed E-state index contributed by atoms with van der Waals surface area (Å²) in [4.78, 5) is 28.9. The van der Waals surface area contributed by atoms with Crippen molar-refractivity contribution in [1.82, 2.24) is 9.88 Å². The van der Waals surface area contributed by atoms with Crippen LogP contribution in [0, 0.1) is 15.9 Å². The molecule has 0 bridgehead atoms. The van der Waals surface area contributed by atoms with Crippen molar-refractivity contribution in [1.29, 1.82) is 0 Å². The van der Waals surface area contributed by atoms with Crippen molar-refractivity contribution in [2.45, 2.75) is 39.3 Å². The Labute approximate surface area is 191 Å². The first-order chi connectivity index (χ1) is 15.6. The third-order valence-corrected chi connectivity index (χ3v) is 4.99. The molecule has 1 aromatic carbocycles. The Bertz CT molecular complexity index is 1060. The van der Waals surface area contributed by atoms with Crippen LogP contribution in [0.2, 0.25) is 0 Å². The predicted octanol–water partition coefficient (Wildman–Crippen LogP) is 4.77. The summed E-state index contributed by atoms with van der Waals surface area (Å²) in [6.45, 7) is 5.99. The van der Waals surface area contributed by atoms with Crippen molar-refractivity contribution < 1.29 is 23.6 Å². The lowest BCUT2D eigenvalue weighted by molar-refractivity contribution is -0.384. The van der Waals surface area contributed by atoms with Crippen molar-refractivity contribution in [3.05, 3.63) is 63.6 Å². The van der Waals surface area contributed by atoms with E-state index in [2.05, 4.69) is 10.3 Å². The molecular weight excluding hydrogens is 431 g/mol. The summed E-state index contributed by atoms with van der Waals surface area (Å²) < 4.78 is 25.2. The first kappa shape index (κ1) is 24.0. The highest BCUT2D eigenvalue weighted by Gasteiger charge is 2.30. The number of hydrogen-bond donors (Lipinski definition) is 1. The van der Waals surface area contributed by atoms with Gasteiger partial charge in [0.1, 0.15) is 11.4 Å². The van der Waals surface area contributed by atoms with Crippen molar-refractivity contribution in [2.24, 2.45) is 0 Å². The Morgan fingerprint density at radius 1 is 1.30 bits per heavy atom. The maximum atomic E-state index is 14.7. The van der Waals surface area contributed by atoms with E-state index in [9.17, 15) is 19.3 Å². The van der Waals surface area contributed by atoms with E-state index in [0.29, 0.717) is 11.3 Å². The second-order valence-corrected chi connectivity index (χ2v) is 8.54. The molecule has 9 nitrogen and oxygen atoms in total. The molecule has 1 aliphatic rings. The molecule has 1 amide bonds. The van der Waals surface area contributed by atoms with Crippen LogP contribution < -0.4 is 10.1 Å². The van der Waals surface area contributed by atoms with Crippen LogP contribution in [0.3, 0.4) is 0 Å². The summed E-state index contributed by atoms with van der Waals surface area (Å²) in [6, 6.07) is 7.18. The van der Waals surface area contributed by atoms with E-state index < -0.39 is 28.1 Å². The van der Waals surface area contributed by atoms with Crippen LogP contribution in [-0.2, 0) is 11.3 Å². The van der Waals surface area contributed by atoms with Gasteiger partial charge in [0.05, 0.1) is 23.8 Å². The lowest BCUT2D eigenvalue weighted by Crippen LogP contribution is -2.39. The van der Waals surface area contributed by atoms with Gasteiger partial charge in [-0.3, -0.25) is 10.1 Å². The largest absolute Gasteiger partial charge is 0.497 e. The number of ether oxygens (including phenoxy) is 2. The highest BCUT2D eigenvalue weighted by Crippen LogP contribution is 2.37. The molecule has 1 aliphatic heterocycles. The van der Waals surface area contributed by atoms with E-state index in [1.807, 2.05) is 12.1 Å². The van der Waals surface area contributed by atoms with Crippen LogP contribution in [0.25, 0.3) is 5.57 Å². The van der Waals surface area contributed by atoms with Crippen LogP contribution in [0.4, 0.5) is 20.7 Å². The van der Waals surface area contributed by atoms with Crippen LogP contribution in [-0.4, -0.2) is 46.7 Å². The average Bonchev–Trinajstić information content (AvgIpc) is 2.77. The molecule has 0 atom stereocenters. The Balaban J connectivity index is 1.83. The Morgan fingerprint density at radius 3 is 2.55 bits per heavy atom. The van der Waals surface area contributed by atoms with Gasteiger partial charge in [-0.1, -0.05) is 18.2 Å². The molecule has 2 aromatic rings. The fourth-order valence-corrected chi connectivity index (χ4v) is 3.41. The molecule has 0 spiro atoms. The smallest absolute Gasteiger partial charge is 0.410 e. The number of amides is 1. The fourth-order valence-electron chi connectivity index (χ4n) is 3.41. The number of carbonyl (C=O) groups excluding carboxylic acids is 1. The highest BCUT2D eigenvalue weighted by molar-refractivity contribution is 5.80. The van der Waals surface area contributed by atoms with Gasteiger partial charge in [-0.15, -0.1) is 0 Å². The lowest BCUT2D eigenvalue weighted by atomic mass is 9.98. The summed E-state index contributed by atoms with van der Waals surface area (Å²) in [6.07, 6.45) is 2.36. The number of rotatable bonds is 6. The molecule has 0 unspecified atom stereocenters. The number of nitrogens with zero attached hydrogens (tertiary/aromatic N) is 3. The van der Waals surface area contributed by atoms with Gasteiger partial charge in [-0.25, -0.2) is 14.2 Å². The standard InChI is InChI=1S/C23H27FN4O5/c1-23(2,3)33-22(29)27-11-9-16(10-12-27)19-18(24)14-26-21(20(19)28(30)31)25-13-15-5-7-17(32-4)8-6-15/h5-9,14H,10-13H2,1-4H3,(H,25,26). The second-order valence-electron chi connectivity index (χ2n) is 8.54. The number of nitro groups is 1. The summed E-state index contributed by atoms with van der Waals surface area (Å²) in [5.74, 6) is -0.118. The van der Waals surface area contributed by atoms with Gasteiger partial charge in [-0.2, -0.15) is 0 Å². The Kier molecular flexibility index (Phi) is 7.15. The normalized spacial score (nSPS) is 13.8. The Hall–Kier alpha value is -3.69. The number of carbonyl (C=O) groups is 1. The minimum absolute atomic E-state index is 0.0253. The molecule has 33 heavy (non-hydrogen) atoms. The highest BCUT2D eigenvalue weighted by atomic mass is 19.1. The van der Waals surface area contributed by atoms with Crippen LogP contribution >= 0.6 is 0 Å². The van der Waals surface area contributed by atoms with E-state index in [4.69, 9.17) is 9.47 Å². The van der Waals surface area contributed by atoms with Gasteiger partial charge >= 0.3 is 11.8 Å². The van der Waals surface area contributed by atoms with Crippen molar-refractivity contribution in [2.75, 3.05) is 25.5 Å². The van der Waals surface area contributed by atoms with E-state index in [0.717, 1.165) is 11.8 Å². The molecule has 176 valence electrons. The summed E-state index contributed by atoms with van der Waals surface area (Å²) >= 11 is 0. The van der Waals surface area contributed by atoms with Gasteiger partial charge in [-0.05, 0) is 50.5 Å². The zero-order valence-electron chi connectivity index (χ0n) is 19.1. The number of pyridine rings is 1. The number of nitrogens with one attached hydrogen (secondary N) is 1. The maximum absolute atomic E-state index is 14.7. The van der Waals surface area contributed by atoms with Crippen molar-refractivity contribution in [3.8, 4) is 5.75 Å². The van der Waals surface area contributed by atoms with Crippen LogP contribution in [0.1, 0.15) is 38.3 Å². The van der Waals surface area contributed by atoms with Crippen LogP contribution in [0.15, 0.2) is 36.5 Å². The quantitative estimate of drug-likeness (QED) is 0.491. The lowest BCUT2D eigenvalue weighted by Gasteiger charge is -2.29. The molecule has 0 fully saturated rings. The van der Waals surface area contributed by atoms with Crippen LogP contribution in [0.5, 0.6) is 5.75 Å². The molecule has 0 saturated carbocycles. The third-order valence-electron chi connectivity index (χ3n) is 4.99. The molecule has 10 heteroatoms. The van der Waals surface area contributed by atoms with Gasteiger partial charge < -0.3 is 19.7 Å². The van der Waals surface area contributed by atoms with E-state index >= 15 is 0 Å². The topological polar surface area (TPSA) is 107 Å². The van der Waals surface area contributed by atoms with Gasteiger partial charge in [0.25, 0.3) is 0 Å². The number of anilines is 1. The Morgan fingerprint density at radius 2 is 2.00 bits per heavy atom. The minimum Gasteiger partial charge on any atom is -0.497 e. The molecule has 3 rings (SSSR count).